The Morgan fingerprint density at radius 1 is 0.235 bits per heavy atom. The minimum absolute atomic E-state index is 0.0558. The molecule has 0 spiro atoms. The molecule has 0 saturated carbocycles. The van der Waals surface area contributed by atoms with Crippen molar-refractivity contribution in [1.29, 1.82) is 0 Å². The molecule has 0 radical (unpaired) electrons. The molecule has 8 aromatic rings. The van der Waals surface area contributed by atoms with E-state index in [0.717, 1.165) is 33.4 Å². The molecule has 8 N–H and O–H groups in total. The monoisotopic (exact) mass is 904 g/mol. The molecule has 0 unspecified atom stereocenters. The molecule has 0 saturated heterocycles. The maximum atomic E-state index is 11.8. The van der Waals surface area contributed by atoms with Crippen LogP contribution in [0.1, 0.15) is 115 Å². The molecule has 336 valence electrons. The highest BCUT2D eigenvalue weighted by Gasteiger charge is 2.55. The van der Waals surface area contributed by atoms with Crippen LogP contribution in [0.25, 0.3) is 0 Å². The lowest BCUT2D eigenvalue weighted by atomic mass is 9.71. The van der Waals surface area contributed by atoms with Crippen LogP contribution in [0.15, 0.2) is 146 Å². The zero-order valence-corrected chi connectivity index (χ0v) is 35.7. The van der Waals surface area contributed by atoms with Gasteiger partial charge in [-0.25, -0.2) is 0 Å². The summed E-state index contributed by atoms with van der Waals surface area (Å²) in [4.78, 5) is 0. The topological polar surface area (TPSA) is 199 Å². The predicted octanol–water partition coefficient (Wildman–Crippen LogP) is 10.7. The first-order valence-electron chi connectivity index (χ1n) is 22.2. The van der Waals surface area contributed by atoms with Crippen LogP contribution in [0.3, 0.4) is 0 Å². The van der Waals surface area contributed by atoms with Crippen LogP contribution in [0.5, 0.6) is 69.0 Å². The van der Waals surface area contributed by atoms with Gasteiger partial charge in [-0.1, -0.05) is 48.5 Å². The van der Waals surface area contributed by atoms with E-state index in [-0.39, 0.29) is 46.0 Å². The first-order chi connectivity index (χ1) is 32.9. The van der Waals surface area contributed by atoms with Crippen LogP contribution in [-0.4, -0.2) is 40.9 Å². The number of aromatic hydroxyl groups is 8. The Balaban J connectivity index is 1.19. The van der Waals surface area contributed by atoms with E-state index in [1.165, 1.54) is 6.07 Å². The Morgan fingerprint density at radius 3 is 0.956 bits per heavy atom. The summed E-state index contributed by atoms with van der Waals surface area (Å²) in [5.41, 5.74) is 8.45. The second-order valence-corrected chi connectivity index (χ2v) is 18.2. The highest BCUT2D eigenvalue weighted by atomic mass is 16.5. The van der Waals surface area contributed by atoms with Gasteiger partial charge in [-0.15, -0.1) is 0 Å². The van der Waals surface area contributed by atoms with E-state index in [1.54, 1.807) is 133 Å². The highest BCUT2D eigenvalue weighted by molar-refractivity contribution is 5.74. The Hall–Kier alpha value is -8.64. The van der Waals surface area contributed by atoms with Gasteiger partial charge in [0.05, 0.1) is 23.7 Å². The molecule has 1 aliphatic carbocycles. The van der Waals surface area contributed by atoms with Gasteiger partial charge in [-0.05, 0) is 117 Å². The van der Waals surface area contributed by atoms with Crippen molar-refractivity contribution >= 4 is 0 Å². The van der Waals surface area contributed by atoms with Gasteiger partial charge in [0.25, 0.3) is 0 Å². The van der Waals surface area contributed by atoms with E-state index < -0.39 is 48.1 Å². The third-order valence-corrected chi connectivity index (χ3v) is 14.3. The first kappa shape index (κ1) is 39.7. The van der Waals surface area contributed by atoms with Crippen molar-refractivity contribution in [2.24, 2.45) is 0 Å². The van der Waals surface area contributed by atoms with Gasteiger partial charge in [0.2, 0.25) is 0 Å². The molecular formula is C56H40O12. The maximum Gasteiger partial charge on any atom is 0.135 e. The van der Waals surface area contributed by atoms with Crippen LogP contribution in [0.4, 0.5) is 0 Å². The summed E-state index contributed by atoms with van der Waals surface area (Å²) in [5.74, 6) is -1.22. The van der Waals surface area contributed by atoms with E-state index in [2.05, 4.69) is 0 Å². The summed E-state index contributed by atoms with van der Waals surface area (Å²) in [7, 11) is 0. The lowest BCUT2D eigenvalue weighted by molar-refractivity contribution is 0.211. The van der Waals surface area contributed by atoms with Crippen LogP contribution in [-0.2, 0) is 0 Å². The second-order valence-electron chi connectivity index (χ2n) is 18.2. The Bertz CT molecular complexity index is 3340. The molecule has 0 aromatic heterocycles. The van der Waals surface area contributed by atoms with Crippen LogP contribution < -0.4 is 18.9 Å². The Labute approximate surface area is 388 Å². The molecule has 0 amide bonds. The van der Waals surface area contributed by atoms with Gasteiger partial charge < -0.3 is 59.8 Å². The number of hydrogen-bond acceptors (Lipinski definition) is 12. The molecule has 0 fully saturated rings. The van der Waals surface area contributed by atoms with Crippen molar-refractivity contribution in [3.63, 3.8) is 0 Å². The van der Waals surface area contributed by atoms with Gasteiger partial charge in [0.1, 0.15) is 93.4 Å². The molecule has 8 aromatic carbocycles. The zero-order valence-electron chi connectivity index (χ0n) is 35.7. The van der Waals surface area contributed by atoms with Crippen molar-refractivity contribution in [3.8, 4) is 69.0 Å². The summed E-state index contributed by atoms with van der Waals surface area (Å²) < 4.78 is 28.4. The third-order valence-electron chi connectivity index (χ3n) is 14.3. The van der Waals surface area contributed by atoms with Crippen molar-refractivity contribution in [2.75, 3.05) is 0 Å². The van der Waals surface area contributed by atoms with Gasteiger partial charge in [0.15, 0.2) is 0 Å². The van der Waals surface area contributed by atoms with E-state index >= 15 is 0 Å². The lowest BCUT2D eigenvalue weighted by Gasteiger charge is -2.29. The molecule has 68 heavy (non-hydrogen) atoms. The molecule has 0 bridgehead atoms. The lowest BCUT2D eigenvalue weighted by Crippen LogP contribution is -2.19. The van der Waals surface area contributed by atoms with Crippen molar-refractivity contribution in [2.45, 2.75) is 48.1 Å². The van der Waals surface area contributed by atoms with Gasteiger partial charge >= 0.3 is 0 Å². The largest absolute Gasteiger partial charge is 0.508 e. The second kappa shape index (κ2) is 14.4. The van der Waals surface area contributed by atoms with E-state index in [9.17, 15) is 40.9 Å². The van der Waals surface area contributed by atoms with Crippen molar-refractivity contribution in [3.05, 3.63) is 212 Å². The molecule has 13 rings (SSSR count). The Kier molecular flexibility index (Phi) is 8.42. The molecule has 8 atom stereocenters. The van der Waals surface area contributed by atoms with E-state index in [1.807, 2.05) is 6.07 Å². The summed E-state index contributed by atoms with van der Waals surface area (Å²) in [6.45, 7) is 0. The predicted molar refractivity (Wildman–Crippen MR) is 246 cm³/mol. The van der Waals surface area contributed by atoms with Crippen LogP contribution in [0, 0.1) is 0 Å². The average Bonchev–Trinajstić information content (AvgIpc) is 4.09. The first-order valence-corrected chi connectivity index (χ1v) is 22.2. The molecule has 12 nitrogen and oxygen atoms in total. The molecule has 4 heterocycles. The number of phenols is 8. The molecule has 12 heteroatoms. The Morgan fingerprint density at radius 2 is 0.544 bits per heavy atom. The van der Waals surface area contributed by atoms with E-state index in [0.29, 0.717) is 56.4 Å². The summed E-state index contributed by atoms with van der Waals surface area (Å²) >= 11 is 0. The number of hydrogen-bond donors (Lipinski definition) is 8. The molecule has 4 aliphatic heterocycles. The maximum absolute atomic E-state index is 11.8. The van der Waals surface area contributed by atoms with Crippen LogP contribution in [0.2, 0.25) is 0 Å². The summed E-state index contributed by atoms with van der Waals surface area (Å²) in [5, 5.41) is 88.0. The van der Waals surface area contributed by atoms with Gasteiger partial charge in [-0.2, -0.15) is 0 Å². The zero-order chi connectivity index (χ0) is 46.3. The fourth-order valence-electron chi connectivity index (χ4n) is 11.7. The minimum Gasteiger partial charge on any atom is -0.508 e. The minimum atomic E-state index is -0.801. The normalized spacial score (nSPS) is 23.1. The summed E-state index contributed by atoms with van der Waals surface area (Å²) in [6, 6.07) is 40.1. The number of phenolic OH excluding ortho intramolecular Hbond substituents is 8. The van der Waals surface area contributed by atoms with Crippen molar-refractivity contribution < 1.29 is 59.8 Å². The quantitative estimate of drug-likeness (QED) is 0.0814. The van der Waals surface area contributed by atoms with Crippen molar-refractivity contribution in [1.82, 2.24) is 0 Å². The highest BCUT2D eigenvalue weighted by Crippen LogP contribution is 2.69. The van der Waals surface area contributed by atoms with Crippen LogP contribution >= 0.6 is 0 Å². The fourth-order valence-corrected chi connectivity index (χ4v) is 11.7. The van der Waals surface area contributed by atoms with E-state index in [4.69, 9.17) is 18.9 Å². The fraction of sp³-hybridized carbons (Fsp3) is 0.143. The molecular weight excluding hydrogens is 865 g/mol. The summed E-state index contributed by atoms with van der Waals surface area (Å²) in [6.07, 6.45) is -3.06. The standard InChI is InChI=1S/C56H40O12/c57-30-9-1-25(2-10-30)53-44(29-17-34(61)19-35(62)18-29)49-42(67-53)24-43-50-48(55(68-43)27-5-13-32(59)14-6-27)38-20-36(63)22-40-45(38)47(54(65-40)26-3-11-31(58)12-4-26)39-21-37(64)23-41-46(39)52(51(49)50)56(66-41)28-7-15-33(60)16-8-28/h1-24,44,47-48,52-64H/t44-,47-,48-,52-,53+,54+,55+,56-/m1/s1. The number of rotatable bonds is 5. The average molecular weight is 905 g/mol. The SMILES string of the molecule is Oc1ccc([C@H]2Oc3cc(O)cc4c3[C@@H]2c2c3c(cc5c2[C@@H](c2cc(O)cc6c2[C@@H]4[C@H](c2ccc(O)cc2)O6)[C@H](c2ccc(O)cc2)O5)O[C@@H](c2ccc(O)cc2)[C@@H]3c2cc(O)cc(O)c2)cc1. The van der Waals surface area contributed by atoms with Gasteiger partial charge in [-0.3, -0.25) is 0 Å². The van der Waals surface area contributed by atoms with Gasteiger partial charge in [0, 0.05) is 46.5 Å². The number of fused-ring (bicyclic) bond motifs is 5. The molecule has 5 aliphatic rings. The number of benzene rings is 8. The smallest absolute Gasteiger partial charge is 0.135 e. The third kappa shape index (κ3) is 5.93. The number of ether oxygens (including phenoxy) is 4.